The number of nitrogens with one attached hydrogen (secondary N) is 1. The lowest BCUT2D eigenvalue weighted by atomic mass is 9.88. The number of anilines is 1. The molecular weight excluding hydrogens is 368 g/mol. The fourth-order valence-electron chi connectivity index (χ4n) is 4.15. The molecule has 1 aliphatic heterocycles. The van der Waals surface area contributed by atoms with E-state index in [0.717, 1.165) is 68.4 Å². The summed E-state index contributed by atoms with van der Waals surface area (Å²) in [5.41, 5.74) is 3.20. The van der Waals surface area contributed by atoms with Gasteiger partial charge in [-0.05, 0) is 48.9 Å². The lowest BCUT2D eigenvalue weighted by Crippen LogP contribution is -2.46. The van der Waals surface area contributed by atoms with Gasteiger partial charge >= 0.3 is 0 Å². The molecule has 0 spiro atoms. The molecule has 4 rings (SSSR count). The molecule has 1 N–H and O–H groups in total. The molecule has 28 heavy (non-hydrogen) atoms. The number of carbonyl (C=O) groups is 1. The van der Waals surface area contributed by atoms with Gasteiger partial charge in [0.15, 0.2) is 0 Å². The van der Waals surface area contributed by atoms with E-state index >= 15 is 0 Å². The molecule has 2 aliphatic rings. The number of rotatable bonds is 5. The third-order valence-corrected chi connectivity index (χ3v) is 7.10. The first kappa shape index (κ1) is 19.4. The Morgan fingerprint density at radius 2 is 2.11 bits per heavy atom. The molecule has 1 saturated heterocycles. The Hall–Kier alpha value is -1.92. The number of aromatic nitrogens is 1. The molecule has 0 aromatic carbocycles. The van der Waals surface area contributed by atoms with Crippen LogP contribution in [-0.2, 0) is 19.4 Å². The molecule has 1 amide bonds. The third kappa shape index (κ3) is 4.23. The summed E-state index contributed by atoms with van der Waals surface area (Å²) in [6.07, 6.45) is 5.23. The molecule has 0 radical (unpaired) electrons. The molecule has 1 fully saturated rings. The predicted molar refractivity (Wildman–Crippen MR) is 115 cm³/mol. The topological polar surface area (TPSA) is 48.5 Å². The van der Waals surface area contributed by atoms with Crippen LogP contribution in [0.4, 0.5) is 5.82 Å². The quantitative estimate of drug-likeness (QED) is 0.839. The second-order valence-corrected chi connectivity index (χ2v) is 8.99. The second kappa shape index (κ2) is 8.62. The van der Waals surface area contributed by atoms with E-state index in [9.17, 15) is 4.79 Å². The van der Waals surface area contributed by atoms with Crippen molar-refractivity contribution in [2.24, 2.45) is 5.92 Å². The Morgan fingerprint density at radius 3 is 2.82 bits per heavy atom. The molecule has 0 bridgehead atoms. The summed E-state index contributed by atoms with van der Waals surface area (Å²) in [6.45, 7) is 10.4. The van der Waals surface area contributed by atoms with Gasteiger partial charge in [0.25, 0.3) is 5.91 Å². The van der Waals surface area contributed by atoms with Crippen LogP contribution in [0.15, 0.2) is 23.7 Å². The number of piperazine rings is 1. The van der Waals surface area contributed by atoms with Gasteiger partial charge in [0, 0.05) is 49.2 Å². The smallest absolute Gasteiger partial charge is 0.252 e. The van der Waals surface area contributed by atoms with Crippen molar-refractivity contribution in [1.29, 1.82) is 0 Å². The fraction of sp³-hybridized carbons (Fsp3) is 0.545. The molecule has 1 atom stereocenters. The summed E-state index contributed by atoms with van der Waals surface area (Å²) in [4.78, 5) is 23.5. The molecule has 6 heteroatoms. The van der Waals surface area contributed by atoms with Gasteiger partial charge in [-0.15, -0.1) is 11.3 Å². The Labute approximate surface area is 171 Å². The SMILES string of the molecule is CCN1CCN(c2ccc(CNC(=O)c3csc4c3CCC(C)C4)cn2)CC1. The van der Waals surface area contributed by atoms with E-state index in [4.69, 9.17) is 0 Å². The van der Waals surface area contributed by atoms with Gasteiger partial charge in [-0.2, -0.15) is 0 Å². The number of fused-ring (bicyclic) bond motifs is 1. The van der Waals surface area contributed by atoms with E-state index in [1.165, 1.54) is 16.9 Å². The summed E-state index contributed by atoms with van der Waals surface area (Å²) in [7, 11) is 0. The standard InChI is InChI=1S/C22H30N4OS/c1-3-25-8-10-26(11-9-25)21-7-5-17(13-23-21)14-24-22(27)19-15-28-20-12-16(2)4-6-18(19)20/h5,7,13,15-16H,3-4,6,8-12,14H2,1-2H3,(H,24,27). The van der Waals surface area contributed by atoms with Crippen LogP contribution >= 0.6 is 11.3 Å². The number of carbonyl (C=O) groups excluding carboxylic acids is 1. The van der Waals surface area contributed by atoms with Crippen LogP contribution in [0, 0.1) is 5.92 Å². The number of hydrogen-bond donors (Lipinski definition) is 1. The zero-order valence-electron chi connectivity index (χ0n) is 16.9. The van der Waals surface area contributed by atoms with Crippen LogP contribution in [0.25, 0.3) is 0 Å². The number of likely N-dealkylation sites (N-methyl/N-ethyl adjacent to an activating group) is 1. The van der Waals surface area contributed by atoms with Crippen molar-refractivity contribution in [2.45, 2.75) is 39.7 Å². The first-order valence-corrected chi connectivity index (χ1v) is 11.3. The molecule has 0 saturated carbocycles. The Balaban J connectivity index is 1.32. The molecule has 2 aromatic rings. The van der Waals surface area contributed by atoms with Crippen molar-refractivity contribution in [1.82, 2.24) is 15.2 Å². The van der Waals surface area contributed by atoms with Crippen LogP contribution in [0.2, 0.25) is 0 Å². The van der Waals surface area contributed by atoms with Crippen LogP contribution < -0.4 is 10.2 Å². The van der Waals surface area contributed by atoms with Crippen molar-refractivity contribution < 1.29 is 4.79 Å². The van der Waals surface area contributed by atoms with Gasteiger partial charge in [0.2, 0.25) is 0 Å². The van der Waals surface area contributed by atoms with Crippen molar-refractivity contribution in [3.8, 4) is 0 Å². The Kier molecular flexibility index (Phi) is 5.97. The summed E-state index contributed by atoms with van der Waals surface area (Å²) in [6, 6.07) is 4.16. The van der Waals surface area contributed by atoms with Crippen molar-refractivity contribution in [2.75, 3.05) is 37.6 Å². The normalized spacial score (nSPS) is 20.1. The third-order valence-electron chi connectivity index (χ3n) is 6.05. The predicted octanol–water partition coefficient (Wildman–Crippen LogP) is 3.34. The number of nitrogens with zero attached hydrogens (tertiary/aromatic N) is 3. The minimum Gasteiger partial charge on any atom is -0.354 e. The van der Waals surface area contributed by atoms with Gasteiger partial charge < -0.3 is 15.1 Å². The van der Waals surface area contributed by atoms with Crippen LogP contribution in [0.1, 0.15) is 46.6 Å². The largest absolute Gasteiger partial charge is 0.354 e. The first-order valence-electron chi connectivity index (χ1n) is 10.4. The summed E-state index contributed by atoms with van der Waals surface area (Å²) >= 11 is 1.74. The average molecular weight is 399 g/mol. The van der Waals surface area contributed by atoms with Gasteiger partial charge in [0.1, 0.15) is 5.82 Å². The molecule has 1 unspecified atom stereocenters. The highest BCUT2D eigenvalue weighted by molar-refractivity contribution is 7.10. The molecule has 2 aromatic heterocycles. The van der Waals surface area contributed by atoms with Crippen LogP contribution in [-0.4, -0.2) is 48.5 Å². The Morgan fingerprint density at radius 1 is 1.29 bits per heavy atom. The summed E-state index contributed by atoms with van der Waals surface area (Å²) < 4.78 is 0. The lowest BCUT2D eigenvalue weighted by molar-refractivity contribution is 0.0950. The van der Waals surface area contributed by atoms with E-state index in [0.29, 0.717) is 6.54 Å². The van der Waals surface area contributed by atoms with Gasteiger partial charge in [-0.25, -0.2) is 4.98 Å². The van der Waals surface area contributed by atoms with Gasteiger partial charge in [-0.1, -0.05) is 19.9 Å². The van der Waals surface area contributed by atoms with E-state index in [-0.39, 0.29) is 5.91 Å². The maximum absolute atomic E-state index is 12.7. The fourth-order valence-corrected chi connectivity index (χ4v) is 5.39. The lowest BCUT2D eigenvalue weighted by Gasteiger charge is -2.34. The highest BCUT2D eigenvalue weighted by Gasteiger charge is 2.23. The minimum absolute atomic E-state index is 0.0480. The Bertz CT molecular complexity index is 808. The molecule has 3 heterocycles. The maximum Gasteiger partial charge on any atom is 0.252 e. The molecule has 150 valence electrons. The van der Waals surface area contributed by atoms with E-state index in [1.54, 1.807) is 11.3 Å². The zero-order valence-corrected chi connectivity index (χ0v) is 17.7. The maximum atomic E-state index is 12.7. The van der Waals surface area contributed by atoms with E-state index in [1.807, 2.05) is 11.6 Å². The van der Waals surface area contributed by atoms with E-state index < -0.39 is 0 Å². The molecule has 5 nitrogen and oxygen atoms in total. The van der Waals surface area contributed by atoms with Gasteiger partial charge in [-0.3, -0.25) is 4.79 Å². The first-order chi connectivity index (χ1) is 13.6. The highest BCUT2D eigenvalue weighted by atomic mass is 32.1. The van der Waals surface area contributed by atoms with Crippen molar-refractivity contribution in [3.63, 3.8) is 0 Å². The van der Waals surface area contributed by atoms with Crippen LogP contribution in [0.5, 0.6) is 0 Å². The minimum atomic E-state index is 0.0480. The van der Waals surface area contributed by atoms with Crippen LogP contribution in [0.3, 0.4) is 0 Å². The summed E-state index contributed by atoms with van der Waals surface area (Å²) in [5, 5.41) is 5.12. The monoisotopic (exact) mass is 398 g/mol. The number of amides is 1. The van der Waals surface area contributed by atoms with Crippen molar-refractivity contribution >= 4 is 23.1 Å². The molecule has 1 aliphatic carbocycles. The second-order valence-electron chi connectivity index (χ2n) is 8.03. The highest BCUT2D eigenvalue weighted by Crippen LogP contribution is 2.32. The zero-order chi connectivity index (χ0) is 19.5. The average Bonchev–Trinajstić information content (AvgIpc) is 3.15. The number of pyridine rings is 1. The van der Waals surface area contributed by atoms with E-state index in [2.05, 4.69) is 46.1 Å². The number of thiophene rings is 1. The van der Waals surface area contributed by atoms with Gasteiger partial charge in [0.05, 0.1) is 5.56 Å². The summed E-state index contributed by atoms with van der Waals surface area (Å²) in [5.74, 6) is 1.82. The number of hydrogen-bond acceptors (Lipinski definition) is 5. The molecular formula is C22H30N4OS. The van der Waals surface area contributed by atoms with Crippen molar-refractivity contribution in [3.05, 3.63) is 45.3 Å².